The molecule has 6 heteroatoms. The molecule has 0 aliphatic rings. The molecule has 100 valence electrons. The lowest BCUT2D eigenvalue weighted by Crippen LogP contribution is -2.20. The number of anilines is 1. The zero-order valence-corrected chi connectivity index (χ0v) is 11.9. The summed E-state index contributed by atoms with van der Waals surface area (Å²) in [6, 6.07) is 7.58. The van der Waals surface area contributed by atoms with Crippen molar-refractivity contribution in [3.8, 4) is 0 Å². The zero-order valence-electron chi connectivity index (χ0n) is 10.3. The predicted molar refractivity (Wildman–Crippen MR) is 76.5 cm³/mol. The highest BCUT2D eigenvalue weighted by atomic mass is 35.5. The normalized spacial score (nSPS) is 10.5. The largest absolute Gasteiger partial charge is 0.391 e. The number of aromatic nitrogens is 2. The second-order valence-electron chi connectivity index (χ2n) is 4.11. The van der Waals surface area contributed by atoms with E-state index in [1.54, 1.807) is 0 Å². The number of benzene rings is 1. The fraction of sp³-hybridized carbons (Fsp3) is 0.231. The Kier molecular flexibility index (Phi) is 4.58. The molecule has 0 atom stereocenters. The molecular weight excluding hydrogens is 285 g/mol. The van der Waals surface area contributed by atoms with Crippen molar-refractivity contribution in [1.29, 1.82) is 0 Å². The molecule has 0 saturated carbocycles. The van der Waals surface area contributed by atoms with E-state index >= 15 is 0 Å². The highest BCUT2D eigenvalue weighted by molar-refractivity contribution is 6.30. The average Bonchev–Trinajstić information content (AvgIpc) is 2.38. The van der Waals surface area contributed by atoms with Crippen LogP contribution in [0.2, 0.25) is 10.2 Å². The minimum atomic E-state index is -0.200. The van der Waals surface area contributed by atoms with Gasteiger partial charge in [0.1, 0.15) is 17.3 Å². The summed E-state index contributed by atoms with van der Waals surface area (Å²) in [7, 11) is 1.87. The lowest BCUT2D eigenvalue weighted by molar-refractivity contribution is 0.281. The molecule has 1 N–H and O–H groups in total. The average molecular weight is 298 g/mol. The summed E-state index contributed by atoms with van der Waals surface area (Å²) in [6.45, 7) is 0.412. The number of nitrogens with zero attached hydrogens (tertiary/aromatic N) is 3. The molecule has 2 rings (SSSR count). The van der Waals surface area contributed by atoms with Gasteiger partial charge in [0.05, 0.1) is 12.2 Å². The van der Waals surface area contributed by atoms with E-state index in [9.17, 15) is 5.11 Å². The van der Waals surface area contributed by atoms with Crippen LogP contribution in [0.1, 0.15) is 11.1 Å². The Bertz CT molecular complexity index is 578. The van der Waals surface area contributed by atoms with E-state index in [1.807, 2.05) is 36.2 Å². The van der Waals surface area contributed by atoms with Crippen LogP contribution in [-0.4, -0.2) is 22.1 Å². The molecule has 4 nitrogen and oxygen atoms in total. The van der Waals surface area contributed by atoms with E-state index in [-0.39, 0.29) is 11.8 Å². The van der Waals surface area contributed by atoms with Gasteiger partial charge in [-0.25, -0.2) is 9.97 Å². The Morgan fingerprint density at radius 3 is 2.74 bits per heavy atom. The Morgan fingerprint density at radius 1 is 1.26 bits per heavy atom. The standard InChI is InChI=1S/C13H13Cl2N3O/c1-18(6-9-3-2-4-10(14)5-9)13-11(7-19)12(15)16-8-17-13/h2-5,8,19H,6-7H2,1H3. The van der Waals surface area contributed by atoms with Crippen molar-refractivity contribution >= 4 is 29.0 Å². The minimum absolute atomic E-state index is 0.200. The van der Waals surface area contributed by atoms with Crippen molar-refractivity contribution in [2.24, 2.45) is 0 Å². The third kappa shape index (κ3) is 3.35. The zero-order chi connectivity index (χ0) is 13.8. The van der Waals surface area contributed by atoms with Crippen molar-refractivity contribution < 1.29 is 5.11 Å². The molecule has 0 spiro atoms. The van der Waals surface area contributed by atoms with Crippen molar-refractivity contribution in [2.45, 2.75) is 13.2 Å². The summed E-state index contributed by atoms with van der Waals surface area (Å²) in [5, 5.41) is 10.3. The van der Waals surface area contributed by atoms with Crippen LogP contribution in [0.4, 0.5) is 5.82 Å². The van der Waals surface area contributed by atoms with Crippen LogP contribution in [0, 0.1) is 0 Å². The number of rotatable bonds is 4. The summed E-state index contributed by atoms with van der Waals surface area (Å²) in [6.07, 6.45) is 1.38. The first kappa shape index (κ1) is 14.1. The van der Waals surface area contributed by atoms with Crippen molar-refractivity contribution in [3.05, 3.63) is 51.9 Å². The van der Waals surface area contributed by atoms with Crippen molar-refractivity contribution in [2.75, 3.05) is 11.9 Å². The van der Waals surface area contributed by atoms with Gasteiger partial charge in [-0.3, -0.25) is 0 Å². The number of hydrogen-bond donors (Lipinski definition) is 1. The van der Waals surface area contributed by atoms with Gasteiger partial charge in [-0.15, -0.1) is 0 Å². The topological polar surface area (TPSA) is 49.2 Å². The lowest BCUT2D eigenvalue weighted by Gasteiger charge is -2.20. The van der Waals surface area contributed by atoms with Crippen LogP contribution in [0.3, 0.4) is 0 Å². The van der Waals surface area contributed by atoms with Gasteiger partial charge in [-0.05, 0) is 17.7 Å². The fourth-order valence-electron chi connectivity index (χ4n) is 1.83. The van der Waals surface area contributed by atoms with Crippen LogP contribution >= 0.6 is 23.2 Å². The van der Waals surface area contributed by atoms with Gasteiger partial charge >= 0.3 is 0 Å². The maximum absolute atomic E-state index is 9.35. The minimum Gasteiger partial charge on any atom is -0.391 e. The predicted octanol–water partition coefficient (Wildman–Crippen LogP) is 2.91. The van der Waals surface area contributed by atoms with E-state index in [1.165, 1.54) is 6.33 Å². The van der Waals surface area contributed by atoms with Crippen LogP contribution in [0.25, 0.3) is 0 Å². The summed E-state index contributed by atoms with van der Waals surface area (Å²) in [5.74, 6) is 0.613. The van der Waals surface area contributed by atoms with E-state index in [2.05, 4.69) is 9.97 Å². The van der Waals surface area contributed by atoms with Gasteiger partial charge in [-0.2, -0.15) is 0 Å². The van der Waals surface area contributed by atoms with E-state index in [4.69, 9.17) is 23.2 Å². The Morgan fingerprint density at radius 2 is 2.05 bits per heavy atom. The van der Waals surface area contributed by atoms with Crippen LogP contribution in [0.5, 0.6) is 0 Å². The Hall–Kier alpha value is -1.36. The molecule has 1 heterocycles. The third-order valence-electron chi connectivity index (χ3n) is 2.70. The lowest BCUT2D eigenvalue weighted by atomic mass is 10.2. The van der Waals surface area contributed by atoms with E-state index in [0.29, 0.717) is 22.9 Å². The Labute approximate surface area is 121 Å². The molecule has 0 aliphatic heterocycles. The molecule has 0 fully saturated rings. The van der Waals surface area contributed by atoms with E-state index < -0.39 is 0 Å². The smallest absolute Gasteiger partial charge is 0.140 e. The molecule has 0 bridgehead atoms. The summed E-state index contributed by atoms with van der Waals surface area (Å²) < 4.78 is 0. The van der Waals surface area contributed by atoms with Crippen molar-refractivity contribution in [3.63, 3.8) is 0 Å². The van der Waals surface area contributed by atoms with Gasteiger partial charge in [0.25, 0.3) is 0 Å². The second-order valence-corrected chi connectivity index (χ2v) is 4.91. The third-order valence-corrected chi connectivity index (χ3v) is 3.26. The number of hydrogen-bond acceptors (Lipinski definition) is 4. The van der Waals surface area contributed by atoms with Gasteiger partial charge in [0.15, 0.2) is 0 Å². The maximum Gasteiger partial charge on any atom is 0.140 e. The van der Waals surface area contributed by atoms with Gasteiger partial charge in [0.2, 0.25) is 0 Å². The molecule has 0 unspecified atom stereocenters. The molecule has 0 radical (unpaired) electrons. The summed E-state index contributed by atoms with van der Waals surface area (Å²) in [4.78, 5) is 9.92. The summed E-state index contributed by atoms with van der Waals surface area (Å²) >= 11 is 11.9. The summed E-state index contributed by atoms with van der Waals surface area (Å²) in [5.41, 5.74) is 1.57. The molecular formula is C13H13Cl2N3O. The fourth-order valence-corrected chi connectivity index (χ4v) is 2.23. The highest BCUT2D eigenvalue weighted by Crippen LogP contribution is 2.24. The molecule has 19 heavy (non-hydrogen) atoms. The van der Waals surface area contributed by atoms with Gasteiger partial charge in [-0.1, -0.05) is 35.3 Å². The van der Waals surface area contributed by atoms with Gasteiger partial charge < -0.3 is 10.0 Å². The quantitative estimate of drug-likeness (QED) is 0.882. The maximum atomic E-state index is 9.35. The first-order chi connectivity index (χ1) is 9.11. The van der Waals surface area contributed by atoms with Gasteiger partial charge in [0, 0.05) is 18.6 Å². The first-order valence-corrected chi connectivity index (χ1v) is 6.43. The number of halogens is 2. The van der Waals surface area contributed by atoms with Crippen LogP contribution in [0.15, 0.2) is 30.6 Å². The monoisotopic (exact) mass is 297 g/mol. The van der Waals surface area contributed by atoms with Crippen molar-refractivity contribution in [1.82, 2.24) is 9.97 Å². The molecule has 2 aromatic rings. The number of aliphatic hydroxyl groups excluding tert-OH is 1. The SMILES string of the molecule is CN(Cc1cccc(Cl)c1)c1ncnc(Cl)c1CO. The first-order valence-electron chi connectivity index (χ1n) is 5.67. The van der Waals surface area contributed by atoms with E-state index in [0.717, 1.165) is 5.56 Å². The highest BCUT2D eigenvalue weighted by Gasteiger charge is 2.13. The Balaban J connectivity index is 2.25. The molecule has 0 amide bonds. The molecule has 1 aromatic heterocycles. The molecule has 1 aromatic carbocycles. The van der Waals surface area contributed by atoms with Crippen LogP contribution in [-0.2, 0) is 13.2 Å². The second kappa shape index (κ2) is 6.19. The van der Waals surface area contributed by atoms with Crippen LogP contribution < -0.4 is 4.90 Å². The molecule has 0 aliphatic carbocycles. The number of aliphatic hydroxyl groups is 1. The molecule has 0 saturated heterocycles.